The van der Waals surface area contributed by atoms with E-state index in [4.69, 9.17) is 4.74 Å². The zero-order chi connectivity index (χ0) is 16.7. The summed E-state index contributed by atoms with van der Waals surface area (Å²) in [6.07, 6.45) is 1.13. The van der Waals surface area contributed by atoms with Gasteiger partial charge in [-0.15, -0.1) is 0 Å². The van der Waals surface area contributed by atoms with Crippen LogP contribution in [0.5, 0.6) is 0 Å². The molecule has 2 aliphatic heterocycles. The highest BCUT2D eigenvalue weighted by Crippen LogP contribution is 2.35. The van der Waals surface area contributed by atoms with Gasteiger partial charge >= 0.3 is 5.97 Å². The Balaban J connectivity index is 2.03. The minimum Gasteiger partial charge on any atom is -0.459 e. The van der Waals surface area contributed by atoms with E-state index in [0.29, 0.717) is 0 Å². The highest BCUT2D eigenvalue weighted by atomic mass is 16.6. The molecule has 2 rings (SSSR count). The molecular weight excluding hydrogens is 286 g/mol. The molecule has 0 saturated carbocycles. The summed E-state index contributed by atoms with van der Waals surface area (Å²) in [5.74, 6) is -1.28. The molecule has 6 heteroatoms. The number of quaternary nitrogens is 1. The van der Waals surface area contributed by atoms with E-state index in [9.17, 15) is 20.1 Å². The fraction of sp³-hybridized carbons (Fsp3) is 0.812. The summed E-state index contributed by atoms with van der Waals surface area (Å²) in [5, 5.41) is 30.3. The van der Waals surface area contributed by atoms with Crippen molar-refractivity contribution in [2.75, 3.05) is 26.7 Å². The van der Waals surface area contributed by atoms with E-state index in [1.807, 2.05) is 6.08 Å². The van der Waals surface area contributed by atoms with Crippen LogP contribution in [0.15, 0.2) is 11.6 Å². The van der Waals surface area contributed by atoms with Crippen molar-refractivity contribution in [3.8, 4) is 0 Å². The number of ether oxygens (including phenoxy) is 1. The van der Waals surface area contributed by atoms with Gasteiger partial charge in [0.2, 0.25) is 0 Å². The molecule has 0 spiro atoms. The molecule has 0 aromatic heterocycles. The molecule has 1 saturated heterocycles. The molecule has 2 aliphatic rings. The number of aliphatic hydroxyl groups is 3. The summed E-state index contributed by atoms with van der Waals surface area (Å²) in [6, 6.07) is -0.0357. The zero-order valence-corrected chi connectivity index (χ0v) is 13.8. The Hall–Kier alpha value is -0.950. The Labute approximate surface area is 131 Å². The quantitative estimate of drug-likeness (QED) is 0.372. The SMILES string of the molecule is CC(C)[C@@](O)(C(=O)OCC1=CC[N+]2(C)CC[C@@H](O)[C@H]12)[C@@H](C)O. The maximum atomic E-state index is 12.2. The van der Waals surface area contributed by atoms with Gasteiger partial charge in [-0.25, -0.2) is 4.79 Å². The average molecular weight is 314 g/mol. The van der Waals surface area contributed by atoms with Crippen LogP contribution in [0, 0.1) is 5.92 Å². The molecule has 0 aliphatic carbocycles. The molecular formula is C16H28NO5+. The summed E-state index contributed by atoms with van der Waals surface area (Å²) < 4.78 is 6.03. The van der Waals surface area contributed by atoms with Gasteiger partial charge < -0.3 is 24.5 Å². The van der Waals surface area contributed by atoms with Gasteiger partial charge in [-0.1, -0.05) is 13.8 Å². The first-order chi connectivity index (χ1) is 10.1. The third kappa shape index (κ3) is 2.69. The lowest BCUT2D eigenvalue weighted by atomic mass is 9.85. The Morgan fingerprint density at radius 2 is 2.14 bits per heavy atom. The van der Waals surface area contributed by atoms with Crippen molar-refractivity contribution < 1.29 is 29.3 Å². The predicted octanol–water partition coefficient (Wildman–Crippen LogP) is -0.183. The van der Waals surface area contributed by atoms with Crippen LogP contribution >= 0.6 is 0 Å². The highest BCUT2D eigenvalue weighted by molar-refractivity contribution is 5.80. The molecule has 3 N–H and O–H groups in total. The Morgan fingerprint density at radius 3 is 2.68 bits per heavy atom. The minimum atomic E-state index is -1.91. The molecule has 1 unspecified atom stereocenters. The van der Waals surface area contributed by atoms with Crippen molar-refractivity contribution in [3.63, 3.8) is 0 Å². The van der Waals surface area contributed by atoms with Gasteiger partial charge in [0.05, 0.1) is 26.2 Å². The summed E-state index contributed by atoms with van der Waals surface area (Å²) >= 11 is 0. The van der Waals surface area contributed by atoms with Gasteiger partial charge in [-0.05, 0) is 18.9 Å². The van der Waals surface area contributed by atoms with Crippen molar-refractivity contribution in [1.82, 2.24) is 0 Å². The van der Waals surface area contributed by atoms with Gasteiger partial charge in [0.1, 0.15) is 18.8 Å². The summed E-state index contributed by atoms with van der Waals surface area (Å²) in [7, 11) is 2.09. The normalized spacial score (nSPS) is 35.0. The Bertz CT molecular complexity index is 465. The van der Waals surface area contributed by atoms with Crippen molar-refractivity contribution in [2.24, 2.45) is 5.92 Å². The first-order valence-electron chi connectivity index (χ1n) is 7.91. The van der Waals surface area contributed by atoms with Gasteiger partial charge in [-0.3, -0.25) is 0 Å². The summed E-state index contributed by atoms with van der Waals surface area (Å²) in [4.78, 5) is 12.2. The van der Waals surface area contributed by atoms with Crippen LogP contribution in [-0.4, -0.2) is 76.4 Å². The lowest BCUT2D eigenvalue weighted by Gasteiger charge is -2.33. The summed E-state index contributed by atoms with van der Waals surface area (Å²) in [5.41, 5.74) is -1.01. The second-order valence-corrected chi connectivity index (χ2v) is 7.20. The average Bonchev–Trinajstić information content (AvgIpc) is 2.92. The molecule has 1 fully saturated rings. The number of rotatable bonds is 5. The second kappa shape index (κ2) is 5.92. The number of hydrogen-bond acceptors (Lipinski definition) is 5. The van der Waals surface area contributed by atoms with Crippen LogP contribution in [0.1, 0.15) is 27.2 Å². The molecule has 6 nitrogen and oxygen atoms in total. The first-order valence-corrected chi connectivity index (χ1v) is 7.91. The molecule has 126 valence electrons. The topological polar surface area (TPSA) is 87.0 Å². The molecule has 0 bridgehead atoms. The van der Waals surface area contributed by atoms with Crippen molar-refractivity contribution in [3.05, 3.63) is 11.6 Å². The van der Waals surface area contributed by atoms with Crippen molar-refractivity contribution in [1.29, 1.82) is 0 Å². The minimum absolute atomic E-state index is 0.0357. The van der Waals surface area contributed by atoms with Gasteiger partial charge in [-0.2, -0.15) is 0 Å². The number of aliphatic hydroxyl groups excluding tert-OH is 2. The number of carbonyl (C=O) groups is 1. The number of esters is 1. The lowest BCUT2D eigenvalue weighted by molar-refractivity contribution is -0.906. The van der Waals surface area contributed by atoms with Gasteiger partial charge in [0.15, 0.2) is 5.60 Å². The third-order valence-electron chi connectivity index (χ3n) is 5.34. The van der Waals surface area contributed by atoms with Gasteiger partial charge in [0, 0.05) is 12.0 Å². The van der Waals surface area contributed by atoms with E-state index in [2.05, 4.69) is 7.05 Å². The second-order valence-electron chi connectivity index (χ2n) is 7.20. The fourth-order valence-electron chi connectivity index (χ4n) is 3.74. The number of hydrogen-bond donors (Lipinski definition) is 3. The van der Waals surface area contributed by atoms with E-state index < -0.39 is 29.7 Å². The number of nitrogens with zero attached hydrogens (tertiary/aromatic N) is 1. The zero-order valence-electron chi connectivity index (χ0n) is 13.8. The van der Waals surface area contributed by atoms with E-state index in [1.165, 1.54) is 6.92 Å². The molecule has 0 amide bonds. The standard InChI is InChI=1S/C16H28NO5/c1-10(2)16(21,11(3)18)15(20)22-9-12-5-7-17(4)8-6-13(19)14(12)17/h5,10-11,13-14,18-19,21H,6-9H2,1-4H3/q+1/t11-,13-,14+,16+,17?/m1/s1. The largest absolute Gasteiger partial charge is 0.459 e. The van der Waals surface area contributed by atoms with Crippen LogP contribution in [0.4, 0.5) is 0 Å². The van der Waals surface area contributed by atoms with E-state index in [-0.39, 0.29) is 12.6 Å². The monoisotopic (exact) mass is 314 g/mol. The Morgan fingerprint density at radius 1 is 1.50 bits per heavy atom. The summed E-state index contributed by atoms with van der Waals surface area (Å²) in [6.45, 7) is 6.48. The number of carbonyl (C=O) groups excluding carboxylic acids is 1. The smallest absolute Gasteiger partial charge is 0.341 e. The molecule has 0 aromatic carbocycles. The molecule has 22 heavy (non-hydrogen) atoms. The molecule has 0 radical (unpaired) electrons. The maximum absolute atomic E-state index is 12.2. The van der Waals surface area contributed by atoms with E-state index in [0.717, 1.165) is 29.6 Å². The first kappa shape index (κ1) is 17.4. The van der Waals surface area contributed by atoms with E-state index >= 15 is 0 Å². The predicted molar refractivity (Wildman–Crippen MR) is 80.8 cm³/mol. The molecule has 0 aromatic rings. The van der Waals surface area contributed by atoms with Crippen LogP contribution in [-0.2, 0) is 9.53 Å². The van der Waals surface area contributed by atoms with Crippen molar-refractivity contribution >= 4 is 5.97 Å². The van der Waals surface area contributed by atoms with E-state index in [1.54, 1.807) is 13.8 Å². The van der Waals surface area contributed by atoms with Crippen molar-refractivity contribution in [2.45, 2.75) is 51.0 Å². The number of likely N-dealkylation sites (N-methyl/N-ethyl adjacent to an activating group) is 1. The molecule has 2 heterocycles. The number of fused-ring (bicyclic) bond motifs is 1. The van der Waals surface area contributed by atoms with Crippen LogP contribution in [0.2, 0.25) is 0 Å². The lowest BCUT2D eigenvalue weighted by Crippen LogP contribution is -2.54. The highest BCUT2D eigenvalue weighted by Gasteiger charge is 2.51. The Kier molecular flexibility index (Phi) is 4.69. The van der Waals surface area contributed by atoms with Crippen LogP contribution in [0.3, 0.4) is 0 Å². The maximum Gasteiger partial charge on any atom is 0.341 e. The van der Waals surface area contributed by atoms with Crippen LogP contribution < -0.4 is 0 Å². The van der Waals surface area contributed by atoms with Gasteiger partial charge in [0.25, 0.3) is 0 Å². The molecule has 5 atom stereocenters. The van der Waals surface area contributed by atoms with Crippen LogP contribution in [0.25, 0.3) is 0 Å². The third-order valence-corrected chi connectivity index (χ3v) is 5.34. The fourth-order valence-corrected chi connectivity index (χ4v) is 3.74.